The molecule has 0 aromatic heterocycles. The summed E-state index contributed by atoms with van der Waals surface area (Å²) in [5.74, 6) is 0. The number of nitrogens with two attached hydrogens (primary N) is 1. The van der Waals surface area contributed by atoms with Gasteiger partial charge in [0.25, 0.3) is 0 Å². The molecule has 1 aromatic carbocycles. The van der Waals surface area contributed by atoms with E-state index in [-0.39, 0.29) is 5.60 Å². The molecule has 0 heterocycles. The van der Waals surface area contributed by atoms with Crippen LogP contribution in [0.3, 0.4) is 0 Å². The molecule has 70 valence electrons. The van der Waals surface area contributed by atoms with Gasteiger partial charge in [0.1, 0.15) is 0 Å². The largest absolute Gasteiger partial charge is 0.374 e. The van der Waals surface area contributed by atoms with Gasteiger partial charge in [-0.15, -0.1) is 0 Å². The highest BCUT2D eigenvalue weighted by molar-refractivity contribution is 5.32. The number of methoxy groups -OCH3 is 1. The highest BCUT2D eigenvalue weighted by atomic mass is 16.5. The summed E-state index contributed by atoms with van der Waals surface area (Å²) in [4.78, 5) is 0. The lowest BCUT2D eigenvalue weighted by Crippen LogP contribution is -2.09. The Hall–Kier alpha value is -0.860. The lowest BCUT2D eigenvalue weighted by Gasteiger charge is -2.14. The van der Waals surface area contributed by atoms with Crippen LogP contribution in [-0.4, -0.2) is 7.11 Å². The minimum Gasteiger partial charge on any atom is -0.374 e. The monoisotopic (exact) mass is 177 g/mol. The number of hydrogen-bond donors (Lipinski definition) is 1. The normalized spacial score (nSPS) is 18.6. The van der Waals surface area contributed by atoms with Crippen LogP contribution >= 0.6 is 0 Å². The Bertz CT molecular complexity index is 305. The zero-order valence-electron chi connectivity index (χ0n) is 7.92. The van der Waals surface area contributed by atoms with Crippen LogP contribution in [0.5, 0.6) is 0 Å². The van der Waals surface area contributed by atoms with Gasteiger partial charge in [0.15, 0.2) is 0 Å². The van der Waals surface area contributed by atoms with Gasteiger partial charge >= 0.3 is 0 Å². The van der Waals surface area contributed by atoms with Crippen molar-refractivity contribution in [1.29, 1.82) is 0 Å². The molecule has 13 heavy (non-hydrogen) atoms. The molecule has 2 nitrogen and oxygen atoms in total. The summed E-state index contributed by atoms with van der Waals surface area (Å²) in [7, 11) is 1.78. The Morgan fingerprint density at radius 3 is 2.77 bits per heavy atom. The van der Waals surface area contributed by atoms with Crippen molar-refractivity contribution in [3.05, 3.63) is 35.4 Å². The van der Waals surface area contributed by atoms with E-state index < -0.39 is 0 Å². The number of benzene rings is 1. The molecule has 1 aliphatic carbocycles. The predicted molar refractivity (Wildman–Crippen MR) is 52.3 cm³/mol. The SMILES string of the molecule is COC1(c2cccc(CN)c2)CC1. The molecule has 0 amide bonds. The third-order valence-electron chi connectivity index (χ3n) is 2.78. The Morgan fingerprint density at radius 2 is 2.23 bits per heavy atom. The van der Waals surface area contributed by atoms with E-state index in [9.17, 15) is 0 Å². The molecule has 0 spiro atoms. The molecule has 2 heteroatoms. The minimum atomic E-state index is 0.0190. The highest BCUT2D eigenvalue weighted by Crippen LogP contribution is 2.48. The second-order valence-corrected chi connectivity index (χ2v) is 3.60. The molecule has 0 aliphatic heterocycles. The van der Waals surface area contributed by atoms with Gasteiger partial charge in [0, 0.05) is 13.7 Å². The van der Waals surface area contributed by atoms with Crippen molar-refractivity contribution in [1.82, 2.24) is 0 Å². The fraction of sp³-hybridized carbons (Fsp3) is 0.455. The molecule has 2 rings (SSSR count). The first-order valence-corrected chi connectivity index (χ1v) is 4.65. The van der Waals surface area contributed by atoms with Crippen molar-refractivity contribution in [2.45, 2.75) is 25.0 Å². The first kappa shape index (κ1) is 8.73. The summed E-state index contributed by atoms with van der Waals surface area (Å²) in [6.07, 6.45) is 2.27. The van der Waals surface area contributed by atoms with E-state index in [0.29, 0.717) is 6.54 Å². The third-order valence-corrected chi connectivity index (χ3v) is 2.78. The first-order valence-electron chi connectivity index (χ1n) is 4.65. The van der Waals surface area contributed by atoms with E-state index in [0.717, 1.165) is 12.8 Å². The summed E-state index contributed by atoms with van der Waals surface area (Å²) >= 11 is 0. The van der Waals surface area contributed by atoms with Crippen molar-refractivity contribution in [2.24, 2.45) is 5.73 Å². The van der Waals surface area contributed by atoms with Gasteiger partial charge in [0.2, 0.25) is 0 Å². The van der Waals surface area contributed by atoms with Crippen LogP contribution in [0.25, 0.3) is 0 Å². The van der Waals surface area contributed by atoms with Crippen LogP contribution in [-0.2, 0) is 16.9 Å². The highest BCUT2D eigenvalue weighted by Gasteiger charge is 2.44. The van der Waals surface area contributed by atoms with Crippen LogP contribution in [0.15, 0.2) is 24.3 Å². The fourth-order valence-corrected chi connectivity index (χ4v) is 1.71. The van der Waals surface area contributed by atoms with Crippen molar-refractivity contribution in [3.8, 4) is 0 Å². The van der Waals surface area contributed by atoms with Gasteiger partial charge in [-0.25, -0.2) is 0 Å². The maximum Gasteiger partial charge on any atom is 0.0930 e. The molecule has 1 saturated carbocycles. The number of ether oxygens (including phenoxy) is 1. The first-order chi connectivity index (χ1) is 6.30. The third kappa shape index (κ3) is 1.47. The minimum absolute atomic E-state index is 0.0190. The van der Waals surface area contributed by atoms with Crippen LogP contribution in [0, 0.1) is 0 Å². The average molecular weight is 177 g/mol. The van der Waals surface area contributed by atoms with Gasteiger partial charge in [-0.2, -0.15) is 0 Å². The molecule has 0 unspecified atom stereocenters. The molecule has 1 aliphatic rings. The van der Waals surface area contributed by atoms with E-state index in [2.05, 4.69) is 24.3 Å². The second kappa shape index (κ2) is 3.13. The quantitative estimate of drug-likeness (QED) is 0.763. The van der Waals surface area contributed by atoms with Crippen LogP contribution in [0.2, 0.25) is 0 Å². The number of rotatable bonds is 3. The number of hydrogen-bond acceptors (Lipinski definition) is 2. The summed E-state index contributed by atoms with van der Waals surface area (Å²) in [5.41, 5.74) is 8.06. The summed E-state index contributed by atoms with van der Waals surface area (Å²) in [6.45, 7) is 0.605. The van der Waals surface area contributed by atoms with Crippen LogP contribution in [0.1, 0.15) is 24.0 Å². The molecular weight excluding hydrogens is 162 g/mol. The molecule has 0 atom stereocenters. The predicted octanol–water partition coefficient (Wildman–Crippen LogP) is 1.78. The molecule has 2 N–H and O–H groups in total. The molecule has 0 saturated heterocycles. The molecular formula is C11H15NO. The molecule has 0 radical (unpaired) electrons. The van der Waals surface area contributed by atoms with Crippen molar-refractivity contribution in [3.63, 3.8) is 0 Å². The van der Waals surface area contributed by atoms with E-state index in [1.165, 1.54) is 11.1 Å². The van der Waals surface area contributed by atoms with E-state index in [4.69, 9.17) is 10.5 Å². The van der Waals surface area contributed by atoms with E-state index in [1.807, 2.05) is 0 Å². The summed E-state index contributed by atoms with van der Waals surface area (Å²) in [6, 6.07) is 8.37. The average Bonchev–Trinajstić information content (AvgIpc) is 2.99. The Morgan fingerprint density at radius 1 is 1.46 bits per heavy atom. The summed E-state index contributed by atoms with van der Waals surface area (Å²) in [5, 5.41) is 0. The maximum absolute atomic E-state index is 5.58. The Labute approximate surface area is 78.7 Å². The molecule has 0 bridgehead atoms. The fourth-order valence-electron chi connectivity index (χ4n) is 1.71. The Balaban J connectivity index is 2.30. The van der Waals surface area contributed by atoms with Crippen molar-refractivity contribution in [2.75, 3.05) is 7.11 Å². The van der Waals surface area contributed by atoms with Gasteiger partial charge < -0.3 is 10.5 Å². The molecule has 1 aromatic rings. The topological polar surface area (TPSA) is 35.2 Å². The zero-order chi connectivity index (χ0) is 9.31. The van der Waals surface area contributed by atoms with Gasteiger partial charge in [-0.1, -0.05) is 24.3 Å². The summed E-state index contributed by atoms with van der Waals surface area (Å²) < 4.78 is 5.49. The van der Waals surface area contributed by atoms with Gasteiger partial charge in [-0.05, 0) is 24.0 Å². The Kier molecular flexibility index (Phi) is 2.10. The van der Waals surface area contributed by atoms with Gasteiger partial charge in [-0.3, -0.25) is 0 Å². The molecule has 1 fully saturated rings. The van der Waals surface area contributed by atoms with Crippen molar-refractivity contribution < 1.29 is 4.74 Å². The lowest BCUT2D eigenvalue weighted by molar-refractivity contribution is 0.0788. The standard InChI is InChI=1S/C11H15NO/c1-13-11(5-6-11)10-4-2-3-9(7-10)8-12/h2-4,7H,5-6,8,12H2,1H3. The smallest absolute Gasteiger partial charge is 0.0930 e. The van der Waals surface area contributed by atoms with Crippen molar-refractivity contribution >= 4 is 0 Å². The van der Waals surface area contributed by atoms with Crippen LogP contribution in [0.4, 0.5) is 0 Å². The van der Waals surface area contributed by atoms with Crippen LogP contribution < -0.4 is 5.73 Å². The maximum atomic E-state index is 5.58. The second-order valence-electron chi connectivity index (χ2n) is 3.60. The zero-order valence-corrected chi connectivity index (χ0v) is 7.92. The lowest BCUT2D eigenvalue weighted by atomic mass is 10.0. The van der Waals surface area contributed by atoms with E-state index >= 15 is 0 Å². The van der Waals surface area contributed by atoms with E-state index in [1.54, 1.807) is 7.11 Å². The van der Waals surface area contributed by atoms with Gasteiger partial charge in [0.05, 0.1) is 5.60 Å².